The maximum Gasteiger partial charge on any atom is 0.130 e. The van der Waals surface area contributed by atoms with Crippen LogP contribution in [-0.4, -0.2) is 35.0 Å². The van der Waals surface area contributed by atoms with E-state index in [1.54, 1.807) is 6.33 Å². The predicted molar refractivity (Wildman–Crippen MR) is 83.6 cm³/mol. The standard InChI is InChI=1S/C16H22N4/c1-12(2)19-16-9-15(17-11-18-16)14-7-5-13(6-8-14)10-20(3)4/h5-9,11-12H,10H2,1-4H3,(H,17,18,19). The molecular weight excluding hydrogens is 248 g/mol. The van der Waals surface area contributed by atoms with Crippen molar-refractivity contribution < 1.29 is 0 Å². The van der Waals surface area contributed by atoms with E-state index in [0.717, 1.165) is 23.6 Å². The fraction of sp³-hybridized carbons (Fsp3) is 0.375. The number of hydrogen-bond donors (Lipinski definition) is 1. The highest BCUT2D eigenvalue weighted by molar-refractivity contribution is 5.62. The van der Waals surface area contributed by atoms with Gasteiger partial charge >= 0.3 is 0 Å². The van der Waals surface area contributed by atoms with Gasteiger partial charge in [-0.05, 0) is 33.5 Å². The van der Waals surface area contributed by atoms with Crippen molar-refractivity contribution in [1.82, 2.24) is 14.9 Å². The number of nitrogens with zero attached hydrogens (tertiary/aromatic N) is 3. The molecule has 0 aliphatic carbocycles. The fourth-order valence-corrected chi connectivity index (χ4v) is 2.04. The minimum atomic E-state index is 0.361. The first-order valence-corrected chi connectivity index (χ1v) is 6.87. The highest BCUT2D eigenvalue weighted by Gasteiger charge is 2.03. The highest BCUT2D eigenvalue weighted by Crippen LogP contribution is 2.20. The van der Waals surface area contributed by atoms with Gasteiger partial charge in [0, 0.05) is 24.2 Å². The monoisotopic (exact) mass is 270 g/mol. The lowest BCUT2D eigenvalue weighted by Crippen LogP contribution is -2.11. The van der Waals surface area contributed by atoms with Crippen LogP contribution in [0.15, 0.2) is 36.7 Å². The van der Waals surface area contributed by atoms with Crippen LogP contribution in [0.1, 0.15) is 19.4 Å². The smallest absolute Gasteiger partial charge is 0.130 e. The molecule has 0 amide bonds. The molecule has 1 heterocycles. The molecule has 2 aromatic rings. The van der Waals surface area contributed by atoms with Crippen LogP contribution in [0.3, 0.4) is 0 Å². The zero-order valence-corrected chi connectivity index (χ0v) is 12.6. The normalized spacial score (nSPS) is 11.1. The Hall–Kier alpha value is -1.94. The summed E-state index contributed by atoms with van der Waals surface area (Å²) in [4.78, 5) is 10.7. The van der Waals surface area contributed by atoms with Crippen molar-refractivity contribution in [2.45, 2.75) is 26.4 Å². The molecule has 0 fully saturated rings. The van der Waals surface area contributed by atoms with Crippen LogP contribution in [0.25, 0.3) is 11.3 Å². The molecule has 0 saturated heterocycles. The van der Waals surface area contributed by atoms with Gasteiger partial charge in [-0.1, -0.05) is 24.3 Å². The van der Waals surface area contributed by atoms with E-state index in [2.05, 4.69) is 72.4 Å². The lowest BCUT2D eigenvalue weighted by molar-refractivity contribution is 0.402. The molecule has 1 N–H and O–H groups in total. The van der Waals surface area contributed by atoms with E-state index in [4.69, 9.17) is 0 Å². The van der Waals surface area contributed by atoms with Crippen LogP contribution >= 0.6 is 0 Å². The van der Waals surface area contributed by atoms with Gasteiger partial charge in [0.05, 0.1) is 5.69 Å². The second kappa shape index (κ2) is 6.48. The molecule has 1 aromatic heterocycles. The van der Waals surface area contributed by atoms with Gasteiger partial charge in [-0.25, -0.2) is 9.97 Å². The lowest BCUT2D eigenvalue weighted by atomic mass is 10.1. The van der Waals surface area contributed by atoms with Crippen molar-refractivity contribution in [1.29, 1.82) is 0 Å². The Kier molecular flexibility index (Phi) is 4.69. The van der Waals surface area contributed by atoms with E-state index in [0.29, 0.717) is 6.04 Å². The van der Waals surface area contributed by atoms with Gasteiger partial charge in [0.2, 0.25) is 0 Å². The quantitative estimate of drug-likeness (QED) is 0.906. The molecule has 20 heavy (non-hydrogen) atoms. The second-order valence-electron chi connectivity index (χ2n) is 5.52. The number of anilines is 1. The zero-order valence-electron chi connectivity index (χ0n) is 12.6. The van der Waals surface area contributed by atoms with Crippen molar-refractivity contribution in [3.8, 4) is 11.3 Å². The van der Waals surface area contributed by atoms with Crippen molar-refractivity contribution in [3.63, 3.8) is 0 Å². The number of nitrogens with one attached hydrogen (secondary N) is 1. The van der Waals surface area contributed by atoms with E-state index < -0.39 is 0 Å². The summed E-state index contributed by atoms with van der Waals surface area (Å²) < 4.78 is 0. The Labute approximate surface area is 120 Å². The summed E-state index contributed by atoms with van der Waals surface area (Å²) in [7, 11) is 4.14. The highest BCUT2D eigenvalue weighted by atomic mass is 15.0. The summed E-state index contributed by atoms with van der Waals surface area (Å²) in [5, 5.41) is 3.29. The third kappa shape index (κ3) is 4.03. The molecule has 4 heteroatoms. The second-order valence-corrected chi connectivity index (χ2v) is 5.52. The third-order valence-electron chi connectivity index (χ3n) is 2.85. The van der Waals surface area contributed by atoms with Gasteiger partial charge in [-0.2, -0.15) is 0 Å². The first-order chi connectivity index (χ1) is 9.54. The SMILES string of the molecule is CC(C)Nc1cc(-c2ccc(CN(C)C)cc2)ncn1. The van der Waals surface area contributed by atoms with Crippen LogP contribution in [0, 0.1) is 0 Å². The molecule has 4 nitrogen and oxygen atoms in total. The molecule has 0 radical (unpaired) electrons. The summed E-state index contributed by atoms with van der Waals surface area (Å²) in [5.41, 5.74) is 3.36. The first-order valence-electron chi connectivity index (χ1n) is 6.87. The van der Waals surface area contributed by atoms with Gasteiger partial charge in [0.15, 0.2) is 0 Å². The molecule has 0 aliphatic rings. The summed E-state index contributed by atoms with van der Waals surface area (Å²) in [6.45, 7) is 5.14. The van der Waals surface area contributed by atoms with Crippen molar-refractivity contribution in [2.75, 3.05) is 19.4 Å². The van der Waals surface area contributed by atoms with Crippen LogP contribution in [-0.2, 0) is 6.54 Å². The summed E-state index contributed by atoms with van der Waals surface area (Å²) in [6, 6.07) is 10.9. The Balaban J connectivity index is 2.18. The van der Waals surface area contributed by atoms with Crippen molar-refractivity contribution >= 4 is 5.82 Å². The molecule has 0 unspecified atom stereocenters. The van der Waals surface area contributed by atoms with Crippen molar-refractivity contribution in [2.24, 2.45) is 0 Å². The van der Waals surface area contributed by atoms with Gasteiger partial charge in [-0.3, -0.25) is 0 Å². The lowest BCUT2D eigenvalue weighted by Gasteiger charge is -2.11. The summed E-state index contributed by atoms with van der Waals surface area (Å²) in [5.74, 6) is 0.863. The molecule has 0 bridgehead atoms. The molecule has 0 spiro atoms. The van der Waals surface area contributed by atoms with Crippen LogP contribution in [0.4, 0.5) is 5.82 Å². The van der Waals surface area contributed by atoms with Gasteiger partial charge < -0.3 is 10.2 Å². The first kappa shape index (κ1) is 14.5. The Bertz CT molecular complexity index is 547. The minimum Gasteiger partial charge on any atom is -0.368 e. The largest absolute Gasteiger partial charge is 0.368 e. The van der Waals surface area contributed by atoms with E-state index in [1.165, 1.54) is 5.56 Å². The third-order valence-corrected chi connectivity index (χ3v) is 2.85. The van der Waals surface area contributed by atoms with Gasteiger partial charge in [0.1, 0.15) is 12.1 Å². The van der Waals surface area contributed by atoms with E-state index in [-0.39, 0.29) is 0 Å². The number of rotatable bonds is 5. The van der Waals surface area contributed by atoms with Crippen LogP contribution in [0.5, 0.6) is 0 Å². The summed E-state index contributed by atoms with van der Waals surface area (Å²) >= 11 is 0. The molecule has 0 aliphatic heterocycles. The van der Waals surface area contributed by atoms with Crippen molar-refractivity contribution in [3.05, 3.63) is 42.2 Å². The molecule has 1 aromatic carbocycles. The zero-order chi connectivity index (χ0) is 14.5. The Morgan fingerprint density at radius 2 is 1.80 bits per heavy atom. The van der Waals surface area contributed by atoms with E-state index in [9.17, 15) is 0 Å². The van der Waals surface area contributed by atoms with Crippen LogP contribution in [0.2, 0.25) is 0 Å². The van der Waals surface area contributed by atoms with Gasteiger partial charge in [-0.15, -0.1) is 0 Å². The topological polar surface area (TPSA) is 41.0 Å². The minimum absolute atomic E-state index is 0.361. The summed E-state index contributed by atoms with van der Waals surface area (Å²) in [6.07, 6.45) is 1.60. The molecule has 2 rings (SSSR count). The van der Waals surface area contributed by atoms with E-state index >= 15 is 0 Å². The number of hydrogen-bond acceptors (Lipinski definition) is 4. The average molecular weight is 270 g/mol. The maximum atomic E-state index is 4.35. The van der Waals surface area contributed by atoms with E-state index in [1.807, 2.05) is 6.07 Å². The number of benzene rings is 1. The average Bonchev–Trinajstić information content (AvgIpc) is 2.38. The van der Waals surface area contributed by atoms with Gasteiger partial charge in [0.25, 0.3) is 0 Å². The maximum absolute atomic E-state index is 4.35. The Morgan fingerprint density at radius 1 is 1.10 bits per heavy atom. The predicted octanol–water partition coefficient (Wildman–Crippen LogP) is 3.03. The molecular formula is C16H22N4. The Morgan fingerprint density at radius 3 is 2.40 bits per heavy atom. The van der Waals surface area contributed by atoms with Crippen LogP contribution < -0.4 is 5.32 Å². The number of aromatic nitrogens is 2. The molecule has 0 atom stereocenters. The molecule has 0 saturated carbocycles. The molecule has 106 valence electrons. The fourth-order valence-electron chi connectivity index (χ4n) is 2.04.